The molecule has 10 nitrogen and oxygen atoms in total. The Bertz CT molecular complexity index is 1810. The van der Waals surface area contributed by atoms with Crippen LogP contribution in [-0.2, 0) is 14.4 Å². The molecule has 3 amide bonds. The van der Waals surface area contributed by atoms with E-state index in [1.54, 1.807) is 23.2 Å². The number of allylic oxidation sites excluding steroid dienone is 1. The molecular formula is C39H41N5O5. The summed E-state index contributed by atoms with van der Waals surface area (Å²) in [7, 11) is 0. The first-order valence-electron chi connectivity index (χ1n) is 17.1. The SMILES string of the molecule is O=C1N[C@]2(C(=O)NOc3ccccc3)C[C@@H]2/C=C\CCCCC[C@H](Nc2ccccc2)C(=O)N2C[C@H](Oc3nccc4ccccc34)C[C@@H]12. The number of benzene rings is 3. The number of hydroxylamine groups is 1. The molecule has 0 unspecified atom stereocenters. The van der Waals surface area contributed by atoms with E-state index in [2.05, 4.69) is 27.2 Å². The van der Waals surface area contributed by atoms with Crippen molar-refractivity contribution in [1.29, 1.82) is 0 Å². The van der Waals surface area contributed by atoms with Crippen molar-refractivity contribution >= 4 is 34.2 Å². The molecule has 10 heteroatoms. The summed E-state index contributed by atoms with van der Waals surface area (Å²) in [5, 5.41) is 8.36. The highest BCUT2D eigenvalue weighted by molar-refractivity contribution is 5.98. The summed E-state index contributed by atoms with van der Waals surface area (Å²) in [4.78, 5) is 54.3. The topological polar surface area (TPSA) is 122 Å². The third kappa shape index (κ3) is 7.23. The number of aromatic nitrogens is 1. The Morgan fingerprint density at radius 2 is 1.69 bits per heavy atom. The molecule has 2 fully saturated rings. The molecule has 49 heavy (non-hydrogen) atoms. The summed E-state index contributed by atoms with van der Waals surface area (Å²) >= 11 is 0. The highest BCUT2D eigenvalue weighted by Crippen LogP contribution is 2.45. The summed E-state index contributed by atoms with van der Waals surface area (Å²) in [6.07, 6.45) is 10.2. The molecule has 1 saturated carbocycles. The molecule has 0 spiro atoms. The van der Waals surface area contributed by atoms with Crippen LogP contribution in [0.15, 0.2) is 109 Å². The second-order valence-electron chi connectivity index (χ2n) is 13.1. The van der Waals surface area contributed by atoms with Gasteiger partial charge in [-0.2, -0.15) is 5.48 Å². The summed E-state index contributed by atoms with van der Waals surface area (Å²) in [5.41, 5.74) is 2.20. The highest BCUT2D eigenvalue weighted by atomic mass is 16.7. The number of para-hydroxylation sites is 2. The van der Waals surface area contributed by atoms with Gasteiger partial charge in [0.1, 0.15) is 23.7 Å². The zero-order chi connectivity index (χ0) is 33.6. The van der Waals surface area contributed by atoms with E-state index >= 15 is 0 Å². The Balaban J connectivity index is 1.17. The van der Waals surface area contributed by atoms with Crippen molar-refractivity contribution < 1.29 is 24.0 Å². The summed E-state index contributed by atoms with van der Waals surface area (Å²) < 4.78 is 6.46. The van der Waals surface area contributed by atoms with Gasteiger partial charge in [-0.3, -0.25) is 14.4 Å². The number of carbonyl (C=O) groups excluding carboxylic acids is 3. The van der Waals surface area contributed by atoms with E-state index in [1.807, 2.05) is 84.9 Å². The molecule has 3 N–H and O–H groups in total. The van der Waals surface area contributed by atoms with Crippen LogP contribution in [-0.4, -0.2) is 57.9 Å². The number of pyridine rings is 1. The van der Waals surface area contributed by atoms with Gasteiger partial charge < -0.3 is 25.1 Å². The monoisotopic (exact) mass is 659 g/mol. The van der Waals surface area contributed by atoms with Crippen LogP contribution in [0.5, 0.6) is 11.6 Å². The van der Waals surface area contributed by atoms with Crippen molar-refractivity contribution in [2.24, 2.45) is 5.92 Å². The number of rotatable bonds is 7. The smallest absolute Gasteiger partial charge is 0.278 e. The molecule has 0 radical (unpaired) electrons. The molecule has 3 aromatic carbocycles. The van der Waals surface area contributed by atoms with E-state index in [1.165, 1.54) is 0 Å². The van der Waals surface area contributed by atoms with Crippen molar-refractivity contribution in [3.63, 3.8) is 0 Å². The number of amides is 3. The van der Waals surface area contributed by atoms with Crippen LogP contribution in [0.1, 0.15) is 44.9 Å². The zero-order valence-electron chi connectivity index (χ0n) is 27.3. The van der Waals surface area contributed by atoms with Gasteiger partial charge in [0, 0.05) is 29.6 Å². The first kappa shape index (κ1) is 32.2. The van der Waals surface area contributed by atoms with E-state index in [-0.39, 0.29) is 24.8 Å². The lowest BCUT2D eigenvalue weighted by Crippen LogP contribution is -2.57. The number of carbonyl (C=O) groups is 3. The van der Waals surface area contributed by atoms with E-state index in [0.29, 0.717) is 24.5 Å². The van der Waals surface area contributed by atoms with Gasteiger partial charge in [0.05, 0.1) is 6.54 Å². The zero-order valence-corrected chi connectivity index (χ0v) is 27.3. The Kier molecular flexibility index (Phi) is 9.45. The van der Waals surface area contributed by atoms with Gasteiger partial charge in [-0.15, -0.1) is 0 Å². The molecule has 4 aromatic rings. The minimum absolute atomic E-state index is 0.174. The molecule has 0 bridgehead atoms. The number of nitrogens with one attached hydrogen (secondary N) is 3. The van der Waals surface area contributed by atoms with Gasteiger partial charge in [0.2, 0.25) is 17.7 Å². The molecule has 1 saturated heterocycles. The average Bonchev–Trinajstić information content (AvgIpc) is 3.66. The molecule has 1 aliphatic carbocycles. The molecule has 5 atom stereocenters. The summed E-state index contributed by atoms with van der Waals surface area (Å²) in [6.45, 7) is 0.203. The fraction of sp³-hybridized carbons (Fsp3) is 0.333. The highest BCUT2D eigenvalue weighted by Gasteiger charge is 2.61. The Labute approximate surface area is 285 Å². The quantitative estimate of drug-likeness (QED) is 0.175. The molecule has 3 aliphatic rings. The molecular weight excluding hydrogens is 618 g/mol. The van der Waals surface area contributed by atoms with Gasteiger partial charge in [-0.1, -0.05) is 79.6 Å². The molecule has 1 aromatic heterocycles. The van der Waals surface area contributed by atoms with Gasteiger partial charge in [-0.05, 0) is 67.5 Å². The van der Waals surface area contributed by atoms with E-state index < -0.39 is 35.5 Å². The van der Waals surface area contributed by atoms with Gasteiger partial charge in [0.15, 0.2) is 5.75 Å². The fourth-order valence-corrected chi connectivity index (χ4v) is 6.93. The average molecular weight is 660 g/mol. The fourth-order valence-electron chi connectivity index (χ4n) is 6.93. The van der Waals surface area contributed by atoms with Gasteiger partial charge in [0.25, 0.3) is 5.91 Å². The van der Waals surface area contributed by atoms with Crippen molar-refractivity contribution in [1.82, 2.24) is 20.7 Å². The third-order valence-corrected chi connectivity index (χ3v) is 9.68. The number of hydrogen-bond acceptors (Lipinski definition) is 7. The van der Waals surface area contributed by atoms with Crippen LogP contribution in [0.25, 0.3) is 10.8 Å². The maximum Gasteiger partial charge on any atom is 0.278 e. The van der Waals surface area contributed by atoms with Crippen molar-refractivity contribution in [3.05, 3.63) is 109 Å². The lowest BCUT2D eigenvalue weighted by Gasteiger charge is -2.30. The largest absolute Gasteiger partial charge is 0.472 e. The number of fused-ring (bicyclic) bond motifs is 3. The Morgan fingerprint density at radius 1 is 0.918 bits per heavy atom. The summed E-state index contributed by atoms with van der Waals surface area (Å²) in [6, 6.07) is 27.0. The maximum absolute atomic E-state index is 14.5. The van der Waals surface area contributed by atoms with Crippen LogP contribution >= 0.6 is 0 Å². The minimum atomic E-state index is -1.20. The van der Waals surface area contributed by atoms with E-state index in [9.17, 15) is 14.4 Å². The van der Waals surface area contributed by atoms with Crippen LogP contribution in [0, 0.1) is 5.92 Å². The second kappa shape index (κ2) is 14.4. The molecule has 3 heterocycles. The molecule has 2 aliphatic heterocycles. The lowest BCUT2D eigenvalue weighted by molar-refractivity contribution is -0.141. The van der Waals surface area contributed by atoms with Gasteiger partial charge >= 0.3 is 0 Å². The van der Waals surface area contributed by atoms with Crippen molar-refractivity contribution in [3.8, 4) is 11.6 Å². The minimum Gasteiger partial charge on any atom is -0.472 e. The Morgan fingerprint density at radius 3 is 2.53 bits per heavy atom. The number of nitrogens with zero attached hydrogens (tertiary/aromatic N) is 2. The van der Waals surface area contributed by atoms with Crippen molar-refractivity contribution in [2.45, 2.75) is 68.7 Å². The van der Waals surface area contributed by atoms with Gasteiger partial charge in [-0.25, -0.2) is 4.98 Å². The van der Waals surface area contributed by atoms with Crippen LogP contribution < -0.4 is 25.7 Å². The summed E-state index contributed by atoms with van der Waals surface area (Å²) in [5.74, 6) is -0.271. The predicted molar refractivity (Wildman–Crippen MR) is 187 cm³/mol. The lowest BCUT2D eigenvalue weighted by atomic mass is 10.0. The number of anilines is 1. The predicted octanol–water partition coefficient (Wildman–Crippen LogP) is 5.57. The van der Waals surface area contributed by atoms with Crippen LogP contribution in [0.2, 0.25) is 0 Å². The standard InChI is InChI=1S/C39H41N5O5/c45-35-34-24-31(48-36-32-20-13-12-14-27(32)22-23-40-36)26-44(34)37(46)33(41-29-16-7-4-8-17-29)21-11-3-1-2-6-15-28-25-39(28,42-35)38(47)43-49-30-18-9-5-10-19-30/h4-10,12-20,22-23,28,31,33-34,41H,1-3,11,21,24-26H2,(H,42,45)(H,43,47)/b15-6-/t28-,31+,33-,34-,39+/m0/s1. The van der Waals surface area contributed by atoms with E-state index in [0.717, 1.165) is 42.1 Å². The first-order chi connectivity index (χ1) is 24.0. The van der Waals surface area contributed by atoms with Crippen molar-refractivity contribution in [2.75, 3.05) is 11.9 Å². The van der Waals surface area contributed by atoms with Crippen LogP contribution in [0.3, 0.4) is 0 Å². The number of hydrogen-bond donors (Lipinski definition) is 3. The normalized spacial score (nSPS) is 26.2. The number of ether oxygens (including phenoxy) is 1. The molecule has 252 valence electrons. The van der Waals surface area contributed by atoms with Crippen LogP contribution in [0.4, 0.5) is 5.69 Å². The van der Waals surface area contributed by atoms with E-state index in [4.69, 9.17) is 9.57 Å². The molecule has 7 rings (SSSR count). The first-order valence-corrected chi connectivity index (χ1v) is 17.1. The Hall–Kier alpha value is -5.38. The third-order valence-electron chi connectivity index (χ3n) is 9.68. The maximum atomic E-state index is 14.5. The second-order valence-corrected chi connectivity index (χ2v) is 13.1.